The van der Waals surface area contributed by atoms with Gasteiger partial charge in [0.2, 0.25) is 29.1 Å². The van der Waals surface area contributed by atoms with Crippen LogP contribution in [0.1, 0.15) is 0 Å². The largest absolute Gasteiger partial charge is 0.864 e. The van der Waals surface area contributed by atoms with Crippen molar-refractivity contribution in [1.29, 1.82) is 0 Å². The fourth-order valence-electron chi connectivity index (χ4n) is 3.94. The van der Waals surface area contributed by atoms with Crippen LogP contribution in [-0.2, 0) is 0 Å². The molecule has 0 aromatic heterocycles. The smallest absolute Gasteiger partial charge is 0.489 e. The summed E-state index contributed by atoms with van der Waals surface area (Å²) in [5, 5.41) is -3.64. The second-order valence-electron chi connectivity index (χ2n) is 8.31. The van der Waals surface area contributed by atoms with Gasteiger partial charge in [-0.1, -0.05) is 12.1 Å². The van der Waals surface area contributed by atoms with Gasteiger partial charge in [0.25, 0.3) is 0 Å². The van der Waals surface area contributed by atoms with Crippen LogP contribution >= 0.6 is 0 Å². The van der Waals surface area contributed by atoms with Crippen molar-refractivity contribution in [3.05, 3.63) is 112 Å². The van der Waals surface area contributed by atoms with Gasteiger partial charge in [-0.2, -0.15) is 8.78 Å². The molecule has 0 radical (unpaired) electrons. The predicted octanol–water partition coefficient (Wildman–Crippen LogP) is 8.18. The van der Waals surface area contributed by atoms with Gasteiger partial charge < -0.3 is 14.0 Å². The average Bonchev–Trinajstić information content (AvgIpc) is 2.97. The quantitative estimate of drug-likeness (QED) is 0.0845. The Kier molecular flexibility index (Phi) is 7.24. The summed E-state index contributed by atoms with van der Waals surface area (Å²) in [7, 11) is -2.79. The Labute approximate surface area is 225 Å². The fourth-order valence-corrected chi connectivity index (χ4v) is 3.94. The summed E-state index contributed by atoms with van der Waals surface area (Å²) in [6.45, 7) is 0. The van der Waals surface area contributed by atoms with E-state index in [0.717, 1.165) is 30.3 Å². The number of hydrogen-bond acceptors (Lipinski definition) is 3. The lowest BCUT2D eigenvalue weighted by atomic mass is 10.1. The summed E-state index contributed by atoms with van der Waals surface area (Å²) >= 11 is 0. The normalized spacial score (nSPS) is 11.3. The minimum atomic E-state index is -2.79. The van der Waals surface area contributed by atoms with Gasteiger partial charge in [0.1, 0.15) is 17.3 Å². The molecule has 42 heavy (non-hydrogen) atoms. The van der Waals surface area contributed by atoms with Crippen LogP contribution in [0.25, 0.3) is 21.5 Å². The van der Waals surface area contributed by atoms with E-state index in [1.54, 1.807) is 0 Å². The van der Waals surface area contributed by atoms with Crippen molar-refractivity contribution in [2.24, 2.45) is 0 Å². The molecule has 5 rings (SSSR count). The average molecular weight is 606 g/mol. The van der Waals surface area contributed by atoms with Crippen LogP contribution in [0.5, 0.6) is 17.2 Å². The topological polar surface area (TPSA) is 27.7 Å². The van der Waals surface area contributed by atoms with E-state index in [4.69, 9.17) is 14.0 Å². The monoisotopic (exact) mass is 606 g/mol. The van der Waals surface area contributed by atoms with Gasteiger partial charge in [0, 0.05) is 10.8 Å². The minimum absolute atomic E-state index is 0.519. The molecule has 3 nitrogen and oxygen atoms in total. The summed E-state index contributed by atoms with van der Waals surface area (Å²) in [6, 6.07) is 4.98. The first-order valence-corrected chi connectivity index (χ1v) is 11.2. The molecule has 0 aliphatic heterocycles. The van der Waals surface area contributed by atoms with Crippen molar-refractivity contribution in [1.82, 2.24) is 0 Å². The molecule has 0 aliphatic rings. The van der Waals surface area contributed by atoms with Gasteiger partial charge in [-0.05, 0) is 30.3 Å². The molecule has 216 valence electrons. The van der Waals surface area contributed by atoms with Crippen LogP contribution < -0.4 is 14.0 Å². The molecule has 0 fully saturated rings. The third-order valence-corrected chi connectivity index (χ3v) is 5.87. The standard InChI is InChI=1S/C26H7BF12O3/c28-10-6-7-12(8-4-5-11(29)17(31)14(8)10)40-27(42-26-24(38)22(36)21(35)23(37)25(26)39)41-13-3-1-2-9-15(13)18(32)20(34)19(33)16(9)30/h1-7H. The first kappa shape index (κ1) is 28.8. The van der Waals surface area contributed by atoms with Crippen LogP contribution in [0.2, 0.25) is 0 Å². The molecule has 0 saturated heterocycles. The minimum Gasteiger partial charge on any atom is -0.489 e. The number of rotatable bonds is 6. The van der Waals surface area contributed by atoms with E-state index in [2.05, 4.69) is 0 Å². The third-order valence-electron chi connectivity index (χ3n) is 5.87. The maximum atomic E-state index is 14.7. The number of hydrogen-bond donors (Lipinski definition) is 0. The van der Waals surface area contributed by atoms with Crippen LogP contribution in [0.15, 0.2) is 42.5 Å². The Morgan fingerprint density at radius 3 is 1.60 bits per heavy atom. The molecule has 0 atom stereocenters. The molecule has 0 N–H and O–H groups in total. The second kappa shape index (κ2) is 10.6. The lowest BCUT2D eigenvalue weighted by molar-refractivity contribution is 0.279. The molecule has 5 aromatic carbocycles. The molecule has 0 heterocycles. The van der Waals surface area contributed by atoms with E-state index in [0.29, 0.717) is 12.1 Å². The zero-order valence-electron chi connectivity index (χ0n) is 19.9. The highest BCUT2D eigenvalue weighted by atomic mass is 19.2. The summed E-state index contributed by atoms with van der Waals surface area (Å²) in [6.07, 6.45) is 0. The van der Waals surface area contributed by atoms with E-state index >= 15 is 0 Å². The SMILES string of the molecule is Fc1ccc2c(OB(Oc3c(F)c(F)c(F)c(F)c3F)Oc3cccc4c(F)c(F)c(F)c(F)c34)ccc(F)c2c1F. The molecule has 16 heteroatoms. The molecule has 0 unspecified atom stereocenters. The molecule has 0 aliphatic carbocycles. The van der Waals surface area contributed by atoms with Crippen LogP contribution in [0.3, 0.4) is 0 Å². The molecular weight excluding hydrogens is 599 g/mol. The lowest BCUT2D eigenvalue weighted by Crippen LogP contribution is -2.38. The molecule has 0 spiro atoms. The van der Waals surface area contributed by atoms with E-state index in [-0.39, 0.29) is 0 Å². The first-order valence-electron chi connectivity index (χ1n) is 11.2. The van der Waals surface area contributed by atoms with Gasteiger partial charge in [0.15, 0.2) is 40.7 Å². The molecule has 0 amide bonds. The highest BCUT2D eigenvalue weighted by Crippen LogP contribution is 2.37. The van der Waals surface area contributed by atoms with Crippen molar-refractivity contribution in [3.63, 3.8) is 0 Å². The number of benzene rings is 5. The molecular formula is C26H7BF12O3. The Bertz CT molecular complexity index is 1890. The first-order chi connectivity index (χ1) is 19.8. The van der Waals surface area contributed by atoms with E-state index < -0.39 is 116 Å². The fraction of sp³-hybridized carbons (Fsp3) is 0. The highest BCUT2D eigenvalue weighted by molar-refractivity contribution is 6.40. The van der Waals surface area contributed by atoms with Crippen LogP contribution in [0, 0.1) is 69.8 Å². The van der Waals surface area contributed by atoms with Crippen molar-refractivity contribution >= 4 is 28.9 Å². The lowest BCUT2D eigenvalue weighted by Gasteiger charge is -2.20. The van der Waals surface area contributed by atoms with E-state index in [9.17, 15) is 52.7 Å². The molecule has 5 aromatic rings. The van der Waals surface area contributed by atoms with Crippen LogP contribution in [-0.4, -0.2) is 7.32 Å². The summed E-state index contributed by atoms with van der Waals surface area (Å²) in [5.41, 5.74) is 0. The third kappa shape index (κ3) is 4.56. The van der Waals surface area contributed by atoms with Crippen molar-refractivity contribution in [3.8, 4) is 17.2 Å². The van der Waals surface area contributed by atoms with Crippen molar-refractivity contribution in [2.45, 2.75) is 0 Å². The molecule has 0 bridgehead atoms. The number of fused-ring (bicyclic) bond motifs is 2. The maximum Gasteiger partial charge on any atom is 0.864 e. The van der Waals surface area contributed by atoms with Crippen molar-refractivity contribution < 1.29 is 66.6 Å². The summed E-state index contributed by atoms with van der Waals surface area (Å²) in [4.78, 5) is 0. The predicted molar refractivity (Wildman–Crippen MR) is 121 cm³/mol. The van der Waals surface area contributed by atoms with E-state index in [1.807, 2.05) is 0 Å². The van der Waals surface area contributed by atoms with Gasteiger partial charge in [0.05, 0.1) is 10.8 Å². The number of halogens is 12. The molecule has 0 saturated carbocycles. The highest BCUT2D eigenvalue weighted by Gasteiger charge is 2.38. The Hall–Kier alpha value is -4.76. The Balaban J connectivity index is 1.69. The summed E-state index contributed by atoms with van der Waals surface area (Å²) in [5.74, 6) is -29.4. The van der Waals surface area contributed by atoms with Crippen LogP contribution in [0.4, 0.5) is 52.7 Å². The van der Waals surface area contributed by atoms with Gasteiger partial charge >= 0.3 is 7.32 Å². The Morgan fingerprint density at radius 1 is 0.381 bits per heavy atom. The zero-order chi connectivity index (χ0) is 30.6. The van der Waals surface area contributed by atoms with Gasteiger partial charge in [-0.25, -0.2) is 43.9 Å². The Morgan fingerprint density at radius 2 is 0.929 bits per heavy atom. The van der Waals surface area contributed by atoms with Gasteiger partial charge in [-0.3, -0.25) is 0 Å². The van der Waals surface area contributed by atoms with Crippen molar-refractivity contribution in [2.75, 3.05) is 0 Å². The summed E-state index contributed by atoms with van der Waals surface area (Å²) < 4.78 is 184. The maximum absolute atomic E-state index is 14.7. The van der Waals surface area contributed by atoms with E-state index in [1.165, 1.54) is 0 Å². The van der Waals surface area contributed by atoms with Gasteiger partial charge in [-0.15, -0.1) is 0 Å². The second-order valence-corrected chi connectivity index (χ2v) is 8.31. The zero-order valence-corrected chi connectivity index (χ0v) is 19.9.